The standard InChI is InChI=1S/C19H30N2O2/c1-21(2)14-16-6-4-5-7-18(16)20-19(22)13-10-15-8-11-17(23-3)12-9-15/h8-9,11-12,16,18H,4-7,10,13-14H2,1-3H3,(H,20,22). The molecular weight excluding hydrogens is 288 g/mol. The predicted octanol–water partition coefficient (Wildman–Crippen LogP) is 2.86. The molecule has 4 heteroatoms. The van der Waals surface area contributed by atoms with Crippen molar-refractivity contribution in [2.45, 2.75) is 44.6 Å². The Morgan fingerprint density at radius 2 is 1.91 bits per heavy atom. The summed E-state index contributed by atoms with van der Waals surface area (Å²) in [6.45, 7) is 1.06. The number of nitrogens with zero attached hydrogens (tertiary/aromatic N) is 1. The summed E-state index contributed by atoms with van der Waals surface area (Å²) < 4.78 is 5.16. The molecule has 0 aromatic heterocycles. The Morgan fingerprint density at radius 3 is 2.57 bits per heavy atom. The van der Waals surface area contributed by atoms with Gasteiger partial charge in [0.25, 0.3) is 0 Å². The molecule has 128 valence electrons. The Labute approximate surface area is 140 Å². The Kier molecular flexibility index (Phi) is 6.90. The molecule has 1 N–H and O–H groups in total. The molecule has 0 heterocycles. The van der Waals surface area contributed by atoms with Crippen molar-refractivity contribution in [1.82, 2.24) is 10.2 Å². The summed E-state index contributed by atoms with van der Waals surface area (Å²) in [6, 6.07) is 8.29. The summed E-state index contributed by atoms with van der Waals surface area (Å²) in [5, 5.41) is 3.28. The van der Waals surface area contributed by atoms with Gasteiger partial charge in [0.2, 0.25) is 5.91 Å². The highest BCUT2D eigenvalue weighted by Gasteiger charge is 2.26. The van der Waals surface area contributed by atoms with E-state index in [0.717, 1.165) is 25.1 Å². The van der Waals surface area contributed by atoms with Gasteiger partial charge in [-0.05, 0) is 57.0 Å². The maximum atomic E-state index is 12.3. The topological polar surface area (TPSA) is 41.6 Å². The highest BCUT2D eigenvalue weighted by Crippen LogP contribution is 2.25. The van der Waals surface area contributed by atoms with Crippen LogP contribution in [0.1, 0.15) is 37.7 Å². The minimum Gasteiger partial charge on any atom is -0.497 e. The summed E-state index contributed by atoms with van der Waals surface area (Å²) in [5.74, 6) is 1.62. The van der Waals surface area contributed by atoms with Crippen LogP contribution >= 0.6 is 0 Å². The molecule has 1 aromatic rings. The van der Waals surface area contributed by atoms with E-state index in [9.17, 15) is 4.79 Å². The molecule has 0 aliphatic heterocycles. The molecule has 2 unspecified atom stereocenters. The van der Waals surface area contributed by atoms with Gasteiger partial charge in [-0.15, -0.1) is 0 Å². The van der Waals surface area contributed by atoms with Gasteiger partial charge in [-0.2, -0.15) is 0 Å². The molecule has 1 aliphatic carbocycles. The number of rotatable bonds is 7. The minimum absolute atomic E-state index is 0.177. The van der Waals surface area contributed by atoms with Crippen molar-refractivity contribution in [2.24, 2.45) is 5.92 Å². The number of aryl methyl sites for hydroxylation is 1. The highest BCUT2D eigenvalue weighted by atomic mass is 16.5. The van der Waals surface area contributed by atoms with Crippen molar-refractivity contribution in [3.63, 3.8) is 0 Å². The van der Waals surface area contributed by atoms with Gasteiger partial charge in [-0.3, -0.25) is 4.79 Å². The van der Waals surface area contributed by atoms with Gasteiger partial charge in [0.15, 0.2) is 0 Å². The second kappa shape index (κ2) is 8.92. The molecule has 1 aromatic carbocycles. The number of hydrogen-bond donors (Lipinski definition) is 1. The molecule has 2 rings (SSSR count). The van der Waals surface area contributed by atoms with Crippen molar-refractivity contribution in [3.8, 4) is 5.75 Å². The second-order valence-electron chi connectivity index (χ2n) is 6.83. The Bertz CT molecular complexity index is 485. The van der Waals surface area contributed by atoms with E-state index in [1.807, 2.05) is 24.3 Å². The molecule has 0 radical (unpaired) electrons. The van der Waals surface area contributed by atoms with Crippen LogP contribution in [0.5, 0.6) is 5.75 Å². The van der Waals surface area contributed by atoms with Gasteiger partial charge >= 0.3 is 0 Å². The van der Waals surface area contributed by atoms with Gasteiger partial charge in [-0.1, -0.05) is 25.0 Å². The fourth-order valence-corrected chi connectivity index (χ4v) is 3.41. The molecule has 23 heavy (non-hydrogen) atoms. The van der Waals surface area contributed by atoms with Crippen molar-refractivity contribution < 1.29 is 9.53 Å². The fraction of sp³-hybridized carbons (Fsp3) is 0.632. The molecule has 0 spiro atoms. The molecule has 1 fully saturated rings. The van der Waals surface area contributed by atoms with E-state index in [1.165, 1.54) is 24.8 Å². The summed E-state index contributed by atoms with van der Waals surface area (Å²) >= 11 is 0. The number of hydrogen-bond acceptors (Lipinski definition) is 3. The third-order valence-corrected chi connectivity index (χ3v) is 4.65. The van der Waals surface area contributed by atoms with Gasteiger partial charge in [0.1, 0.15) is 5.75 Å². The van der Waals surface area contributed by atoms with Crippen LogP contribution in [0.25, 0.3) is 0 Å². The molecular formula is C19H30N2O2. The molecule has 0 bridgehead atoms. The lowest BCUT2D eigenvalue weighted by atomic mass is 9.84. The number of amides is 1. The molecule has 4 nitrogen and oxygen atoms in total. The summed E-state index contributed by atoms with van der Waals surface area (Å²) in [5.41, 5.74) is 1.18. The second-order valence-corrected chi connectivity index (χ2v) is 6.83. The summed E-state index contributed by atoms with van der Waals surface area (Å²) in [6.07, 6.45) is 6.19. The summed E-state index contributed by atoms with van der Waals surface area (Å²) in [7, 11) is 5.88. The van der Waals surface area contributed by atoms with Crippen LogP contribution in [0.4, 0.5) is 0 Å². The van der Waals surface area contributed by atoms with Crippen LogP contribution in [0.2, 0.25) is 0 Å². The third kappa shape index (κ3) is 5.87. The number of ether oxygens (including phenoxy) is 1. The van der Waals surface area contributed by atoms with Crippen LogP contribution in [0, 0.1) is 5.92 Å². The first-order valence-electron chi connectivity index (χ1n) is 8.65. The monoisotopic (exact) mass is 318 g/mol. The maximum absolute atomic E-state index is 12.3. The van der Waals surface area contributed by atoms with Crippen LogP contribution in [0.3, 0.4) is 0 Å². The minimum atomic E-state index is 0.177. The van der Waals surface area contributed by atoms with E-state index in [1.54, 1.807) is 7.11 Å². The smallest absolute Gasteiger partial charge is 0.220 e. The predicted molar refractivity (Wildman–Crippen MR) is 93.8 cm³/mol. The quantitative estimate of drug-likeness (QED) is 0.840. The lowest BCUT2D eigenvalue weighted by molar-refractivity contribution is -0.122. The fourth-order valence-electron chi connectivity index (χ4n) is 3.41. The molecule has 0 saturated heterocycles. The van der Waals surface area contributed by atoms with E-state index in [2.05, 4.69) is 24.3 Å². The van der Waals surface area contributed by atoms with E-state index in [-0.39, 0.29) is 5.91 Å². The van der Waals surface area contributed by atoms with Crippen LogP contribution in [-0.4, -0.2) is 44.6 Å². The maximum Gasteiger partial charge on any atom is 0.220 e. The number of carbonyl (C=O) groups excluding carboxylic acids is 1. The third-order valence-electron chi connectivity index (χ3n) is 4.65. The van der Waals surface area contributed by atoms with Crippen molar-refractivity contribution in [1.29, 1.82) is 0 Å². The zero-order valence-electron chi connectivity index (χ0n) is 14.7. The summed E-state index contributed by atoms with van der Waals surface area (Å²) in [4.78, 5) is 14.5. The van der Waals surface area contributed by atoms with E-state index < -0.39 is 0 Å². The van der Waals surface area contributed by atoms with Crippen LogP contribution in [-0.2, 0) is 11.2 Å². The Hall–Kier alpha value is -1.55. The number of benzene rings is 1. The van der Waals surface area contributed by atoms with Crippen LogP contribution in [0.15, 0.2) is 24.3 Å². The van der Waals surface area contributed by atoms with Gasteiger partial charge in [0.05, 0.1) is 7.11 Å². The Morgan fingerprint density at radius 1 is 1.22 bits per heavy atom. The molecule has 1 saturated carbocycles. The number of carbonyl (C=O) groups is 1. The average Bonchev–Trinajstić information content (AvgIpc) is 2.55. The van der Waals surface area contributed by atoms with Crippen molar-refractivity contribution in [3.05, 3.63) is 29.8 Å². The zero-order valence-corrected chi connectivity index (χ0v) is 14.7. The lowest BCUT2D eigenvalue weighted by Crippen LogP contribution is -2.45. The first-order chi connectivity index (χ1) is 11.1. The largest absolute Gasteiger partial charge is 0.497 e. The number of nitrogens with one attached hydrogen (secondary N) is 1. The molecule has 1 amide bonds. The Balaban J connectivity index is 1.80. The first-order valence-corrected chi connectivity index (χ1v) is 8.65. The van der Waals surface area contributed by atoms with E-state index in [4.69, 9.17) is 4.74 Å². The van der Waals surface area contributed by atoms with Crippen LogP contribution < -0.4 is 10.1 Å². The van der Waals surface area contributed by atoms with Crippen molar-refractivity contribution in [2.75, 3.05) is 27.7 Å². The zero-order chi connectivity index (χ0) is 16.7. The van der Waals surface area contributed by atoms with Gasteiger partial charge < -0.3 is 15.0 Å². The van der Waals surface area contributed by atoms with Gasteiger partial charge in [0, 0.05) is 19.0 Å². The molecule has 1 aliphatic rings. The van der Waals surface area contributed by atoms with E-state index in [0.29, 0.717) is 18.4 Å². The van der Waals surface area contributed by atoms with Gasteiger partial charge in [-0.25, -0.2) is 0 Å². The average molecular weight is 318 g/mol. The van der Waals surface area contributed by atoms with Crippen molar-refractivity contribution >= 4 is 5.91 Å². The lowest BCUT2D eigenvalue weighted by Gasteiger charge is -2.34. The highest BCUT2D eigenvalue weighted by molar-refractivity contribution is 5.76. The normalized spacial score (nSPS) is 21.2. The molecule has 2 atom stereocenters. The van der Waals surface area contributed by atoms with E-state index >= 15 is 0 Å². The number of methoxy groups -OCH3 is 1. The SMILES string of the molecule is COc1ccc(CCC(=O)NC2CCCCC2CN(C)C)cc1. The first kappa shape index (κ1) is 17.8.